The van der Waals surface area contributed by atoms with Crippen molar-refractivity contribution in [3.63, 3.8) is 0 Å². The number of ether oxygens (including phenoxy) is 3. The molecule has 48 heavy (non-hydrogen) atoms. The van der Waals surface area contributed by atoms with Gasteiger partial charge < -0.3 is 14.2 Å². The molecule has 0 radical (unpaired) electrons. The Hall–Kier alpha value is -2.11. The number of esters is 3. The summed E-state index contributed by atoms with van der Waals surface area (Å²) in [5.74, 6) is -4.48. The molecule has 2 unspecified atom stereocenters. The molecule has 0 heterocycles. The zero-order valence-electron chi connectivity index (χ0n) is 38.0. The predicted molar refractivity (Wildman–Crippen MR) is 199 cm³/mol. The smallest absolute Gasteiger partial charge is 0.337 e. The van der Waals surface area contributed by atoms with Crippen molar-refractivity contribution in [2.24, 2.45) is 29.6 Å². The molecular formula is C42H74O6. The first-order valence-corrected chi connectivity index (χ1v) is 19.3. The average Bonchev–Trinajstić information content (AvgIpc) is 3.10. The summed E-state index contributed by atoms with van der Waals surface area (Å²) in [5, 5.41) is 0. The van der Waals surface area contributed by atoms with Crippen LogP contribution in [0.3, 0.4) is 0 Å². The maximum Gasteiger partial charge on any atom is 0.337 e. The normalized spacial score (nSPS) is 19.0. The minimum atomic E-state index is -2.87. The van der Waals surface area contributed by atoms with Gasteiger partial charge in [0.05, 0.1) is 37.2 Å². The summed E-state index contributed by atoms with van der Waals surface area (Å²) in [6, 6.07) is 0. The van der Waals surface area contributed by atoms with E-state index in [0.29, 0.717) is 31.1 Å². The maximum atomic E-state index is 13.3. The molecule has 0 saturated heterocycles. The first-order valence-electron chi connectivity index (χ1n) is 22.8. The summed E-state index contributed by atoms with van der Waals surface area (Å²) in [6.45, 7) is 3.93. The molecule has 1 aliphatic carbocycles. The molecule has 278 valence electrons. The number of carbonyl (C=O) groups is 3. The van der Waals surface area contributed by atoms with E-state index in [-0.39, 0.29) is 31.8 Å². The van der Waals surface area contributed by atoms with Crippen molar-refractivity contribution in [3.8, 4) is 0 Å². The quantitative estimate of drug-likeness (QED) is 0.0426. The Morgan fingerprint density at radius 1 is 0.583 bits per heavy atom. The van der Waals surface area contributed by atoms with Crippen LogP contribution >= 0.6 is 0 Å². The second kappa shape index (κ2) is 28.7. The van der Waals surface area contributed by atoms with Gasteiger partial charge in [-0.25, -0.2) is 4.79 Å². The zero-order valence-corrected chi connectivity index (χ0v) is 31.0. The van der Waals surface area contributed by atoms with E-state index in [2.05, 4.69) is 27.7 Å². The molecule has 0 aromatic carbocycles. The van der Waals surface area contributed by atoms with Crippen molar-refractivity contribution in [2.45, 2.75) is 176 Å². The Kier molecular flexibility index (Phi) is 19.8. The van der Waals surface area contributed by atoms with Crippen LogP contribution < -0.4 is 0 Å². The van der Waals surface area contributed by atoms with E-state index in [1.165, 1.54) is 44.3 Å². The van der Waals surface area contributed by atoms with Crippen LogP contribution in [0.1, 0.15) is 186 Å². The number of rotatable bonds is 30. The van der Waals surface area contributed by atoms with Crippen LogP contribution in [0.15, 0.2) is 23.8 Å². The van der Waals surface area contributed by atoms with Crippen LogP contribution in [-0.2, 0) is 28.6 Å². The lowest BCUT2D eigenvalue weighted by atomic mass is 9.85. The molecule has 0 aromatic heterocycles. The summed E-state index contributed by atoms with van der Waals surface area (Å²) in [7, 11) is 0. The number of unbranched alkanes of at least 4 members (excludes halogenated alkanes) is 15. The van der Waals surface area contributed by atoms with Gasteiger partial charge in [0.2, 0.25) is 0 Å². The molecule has 0 saturated carbocycles. The second-order valence-corrected chi connectivity index (χ2v) is 14.5. The molecule has 0 bridgehead atoms. The summed E-state index contributed by atoms with van der Waals surface area (Å²) in [6.07, 6.45) is 23.3. The summed E-state index contributed by atoms with van der Waals surface area (Å²) in [5.41, 5.74) is 0.214. The molecule has 6 heteroatoms. The average molecular weight is 682 g/mol. The number of hydrogen-bond donors (Lipinski definition) is 0. The standard InChI is InChI=1S/C42H74O6/c1-34(2)25-19-13-9-7-8-10-16-22-30-46-40(43)37-28-29-38(41(44)47-31-23-17-11-14-20-26-35(3)4)39(33-37)42(45)48-32-24-18-12-15-21-27-36(5)6/h28-29,33-36,38-39H,7-27,30-32H2,1-6H3/i1D3,2D3,34D. The highest BCUT2D eigenvalue weighted by molar-refractivity contribution is 5.95. The van der Waals surface area contributed by atoms with Crippen LogP contribution in [0.25, 0.3) is 0 Å². The third-order valence-corrected chi connectivity index (χ3v) is 8.90. The van der Waals surface area contributed by atoms with E-state index in [0.717, 1.165) is 77.0 Å². The summed E-state index contributed by atoms with van der Waals surface area (Å²) < 4.78 is 69.9. The van der Waals surface area contributed by atoms with Crippen LogP contribution in [0.5, 0.6) is 0 Å². The fourth-order valence-corrected chi connectivity index (χ4v) is 5.88. The largest absolute Gasteiger partial charge is 0.465 e. The van der Waals surface area contributed by atoms with Gasteiger partial charge in [-0.1, -0.05) is 175 Å². The Labute approximate surface area is 305 Å². The fourth-order valence-electron chi connectivity index (χ4n) is 5.88. The minimum Gasteiger partial charge on any atom is -0.465 e. The molecule has 0 amide bonds. The van der Waals surface area contributed by atoms with Crippen molar-refractivity contribution in [1.29, 1.82) is 0 Å². The van der Waals surface area contributed by atoms with Gasteiger partial charge in [0.1, 0.15) is 0 Å². The van der Waals surface area contributed by atoms with Crippen molar-refractivity contribution >= 4 is 17.9 Å². The van der Waals surface area contributed by atoms with Gasteiger partial charge in [0.15, 0.2) is 0 Å². The van der Waals surface area contributed by atoms with Crippen molar-refractivity contribution in [2.75, 3.05) is 19.8 Å². The maximum absolute atomic E-state index is 13.3. The molecule has 0 N–H and O–H groups in total. The summed E-state index contributed by atoms with van der Waals surface area (Å²) >= 11 is 0. The van der Waals surface area contributed by atoms with Gasteiger partial charge in [-0.2, -0.15) is 0 Å². The second-order valence-electron chi connectivity index (χ2n) is 14.5. The van der Waals surface area contributed by atoms with E-state index in [1.54, 1.807) is 6.08 Å². The summed E-state index contributed by atoms with van der Waals surface area (Å²) in [4.78, 5) is 39.4. The first-order chi connectivity index (χ1) is 25.9. The zero-order chi connectivity index (χ0) is 41.3. The lowest BCUT2D eigenvalue weighted by molar-refractivity contribution is -0.157. The topological polar surface area (TPSA) is 78.9 Å². The van der Waals surface area contributed by atoms with Gasteiger partial charge in [0.25, 0.3) is 0 Å². The Morgan fingerprint density at radius 2 is 0.979 bits per heavy atom. The van der Waals surface area contributed by atoms with Crippen molar-refractivity contribution < 1.29 is 38.2 Å². The minimum absolute atomic E-state index is 0.193. The Balaban J connectivity index is 2.53. The number of carbonyl (C=O) groups excluding carboxylic acids is 3. The highest BCUT2D eigenvalue weighted by Gasteiger charge is 2.36. The van der Waals surface area contributed by atoms with E-state index < -0.39 is 49.3 Å². The monoisotopic (exact) mass is 682 g/mol. The van der Waals surface area contributed by atoms with E-state index in [9.17, 15) is 14.4 Å². The highest BCUT2D eigenvalue weighted by atomic mass is 16.5. The molecule has 1 rings (SSSR count). The SMILES string of the molecule is [2H]C([2H])([2H])C([2H])(CCCCCCCCCCOC(=O)C1=CC(C(=O)OCCCCCCCC(C)C)C(C(=O)OCCCCCCCC(C)C)C=C1)C([2H])([2H])[2H]. The molecule has 0 spiro atoms. The van der Waals surface area contributed by atoms with E-state index in [4.69, 9.17) is 23.8 Å². The third-order valence-electron chi connectivity index (χ3n) is 8.90. The molecular weight excluding hydrogens is 600 g/mol. The van der Waals surface area contributed by atoms with Crippen LogP contribution in [-0.4, -0.2) is 37.7 Å². The van der Waals surface area contributed by atoms with Gasteiger partial charge >= 0.3 is 17.9 Å². The third kappa shape index (κ3) is 23.3. The fraction of sp³-hybridized carbons (Fsp3) is 0.833. The van der Waals surface area contributed by atoms with Crippen LogP contribution in [0, 0.1) is 29.6 Å². The highest BCUT2D eigenvalue weighted by Crippen LogP contribution is 2.27. The lowest BCUT2D eigenvalue weighted by Gasteiger charge is -2.23. The molecule has 0 fully saturated rings. The predicted octanol–water partition coefficient (Wildman–Crippen LogP) is 11.5. The van der Waals surface area contributed by atoms with Crippen LogP contribution in [0.4, 0.5) is 0 Å². The molecule has 1 aliphatic rings. The van der Waals surface area contributed by atoms with Gasteiger partial charge in [-0.3, -0.25) is 9.59 Å². The molecule has 6 nitrogen and oxygen atoms in total. The van der Waals surface area contributed by atoms with Crippen molar-refractivity contribution in [1.82, 2.24) is 0 Å². The Bertz CT molecular complexity index is 1130. The number of hydrogen-bond acceptors (Lipinski definition) is 6. The van der Waals surface area contributed by atoms with Gasteiger partial charge in [-0.05, 0) is 37.0 Å². The van der Waals surface area contributed by atoms with E-state index in [1.807, 2.05) is 0 Å². The Morgan fingerprint density at radius 3 is 1.44 bits per heavy atom. The van der Waals surface area contributed by atoms with Crippen molar-refractivity contribution in [3.05, 3.63) is 23.8 Å². The molecule has 0 aliphatic heterocycles. The van der Waals surface area contributed by atoms with Gasteiger partial charge in [0, 0.05) is 9.60 Å². The molecule has 0 aromatic rings. The van der Waals surface area contributed by atoms with Crippen LogP contribution in [0.2, 0.25) is 0 Å². The van der Waals surface area contributed by atoms with Gasteiger partial charge in [-0.15, -0.1) is 0 Å². The van der Waals surface area contributed by atoms with E-state index >= 15 is 0 Å². The first kappa shape index (κ1) is 33.1. The lowest BCUT2D eigenvalue weighted by Crippen LogP contribution is -2.33. The molecule has 2 atom stereocenters.